The van der Waals surface area contributed by atoms with Gasteiger partial charge in [-0.3, -0.25) is 4.98 Å². The van der Waals surface area contributed by atoms with Crippen LogP contribution in [0, 0.1) is 19.7 Å². The van der Waals surface area contributed by atoms with Crippen LogP contribution in [0.15, 0.2) is 60.8 Å². The topological polar surface area (TPSA) is 12.9 Å². The van der Waals surface area contributed by atoms with Gasteiger partial charge in [0, 0.05) is 11.8 Å². The van der Waals surface area contributed by atoms with Crippen molar-refractivity contribution in [1.82, 2.24) is 4.98 Å². The van der Waals surface area contributed by atoms with E-state index in [-0.39, 0.29) is 5.82 Å². The Kier molecular flexibility index (Phi) is 3.53. The normalized spacial score (nSPS) is 10.6. The molecule has 1 nitrogen and oxygen atoms in total. The van der Waals surface area contributed by atoms with E-state index in [2.05, 4.69) is 4.98 Å². The van der Waals surface area contributed by atoms with E-state index < -0.39 is 0 Å². The van der Waals surface area contributed by atoms with Gasteiger partial charge in [-0.15, -0.1) is 0 Å². The fraction of sp³-hybridized carbons (Fsp3) is 0.105. The van der Waals surface area contributed by atoms with E-state index >= 15 is 0 Å². The molecule has 1 aromatic heterocycles. The van der Waals surface area contributed by atoms with E-state index in [0.29, 0.717) is 11.3 Å². The third kappa shape index (κ3) is 2.84. The second-order valence-electron chi connectivity index (χ2n) is 5.28. The third-order valence-electron chi connectivity index (χ3n) is 3.54. The Bertz CT molecular complexity index is 759. The quantitative estimate of drug-likeness (QED) is 0.629. The first-order valence-corrected chi connectivity index (χ1v) is 6.93. The van der Waals surface area contributed by atoms with Crippen molar-refractivity contribution >= 4 is 0 Å². The molecular formula is C19H16FN. The van der Waals surface area contributed by atoms with Crippen LogP contribution in [0.1, 0.15) is 11.1 Å². The van der Waals surface area contributed by atoms with Crippen LogP contribution in [-0.4, -0.2) is 4.98 Å². The smallest absolute Gasteiger partial charge is 0.133 e. The van der Waals surface area contributed by atoms with Gasteiger partial charge in [-0.1, -0.05) is 42.0 Å². The molecule has 104 valence electrons. The van der Waals surface area contributed by atoms with Crippen LogP contribution in [0.5, 0.6) is 0 Å². The van der Waals surface area contributed by atoms with Crippen LogP contribution in [0.4, 0.5) is 4.39 Å². The summed E-state index contributed by atoms with van der Waals surface area (Å²) in [5.41, 5.74) is 5.35. The van der Waals surface area contributed by atoms with E-state index in [1.54, 1.807) is 18.3 Å². The molecule has 0 saturated heterocycles. The van der Waals surface area contributed by atoms with Gasteiger partial charge < -0.3 is 0 Å². The minimum Gasteiger partial charge on any atom is -0.256 e. The molecule has 0 aliphatic carbocycles. The molecule has 3 rings (SSSR count). The molecule has 0 radical (unpaired) electrons. The van der Waals surface area contributed by atoms with Gasteiger partial charge in [0.1, 0.15) is 5.82 Å². The number of benzene rings is 2. The summed E-state index contributed by atoms with van der Waals surface area (Å²) in [7, 11) is 0. The molecular weight excluding hydrogens is 261 g/mol. The molecule has 0 unspecified atom stereocenters. The molecule has 0 spiro atoms. The zero-order chi connectivity index (χ0) is 14.8. The Morgan fingerprint density at radius 1 is 0.762 bits per heavy atom. The highest BCUT2D eigenvalue weighted by molar-refractivity contribution is 5.69. The van der Waals surface area contributed by atoms with Crippen molar-refractivity contribution in [1.29, 1.82) is 0 Å². The first-order valence-electron chi connectivity index (χ1n) is 6.93. The lowest BCUT2D eigenvalue weighted by molar-refractivity contribution is 0.631. The molecule has 0 aliphatic rings. The second-order valence-corrected chi connectivity index (χ2v) is 5.28. The molecule has 0 fully saturated rings. The fourth-order valence-corrected chi connectivity index (χ4v) is 2.28. The summed E-state index contributed by atoms with van der Waals surface area (Å²) < 4.78 is 14.4. The lowest BCUT2D eigenvalue weighted by Gasteiger charge is -2.07. The molecule has 1 heterocycles. The lowest BCUT2D eigenvalue weighted by atomic mass is 10.0. The minimum absolute atomic E-state index is 0.246. The van der Waals surface area contributed by atoms with Gasteiger partial charge in [-0.2, -0.15) is 0 Å². The maximum atomic E-state index is 14.4. The summed E-state index contributed by atoms with van der Waals surface area (Å²) in [6, 6.07) is 17.2. The highest BCUT2D eigenvalue weighted by Crippen LogP contribution is 2.27. The van der Waals surface area contributed by atoms with Crippen LogP contribution in [0.3, 0.4) is 0 Å². The first kappa shape index (κ1) is 13.5. The average Bonchev–Trinajstić information content (AvgIpc) is 2.49. The number of pyridine rings is 1. The van der Waals surface area contributed by atoms with E-state index in [0.717, 1.165) is 16.7 Å². The Labute approximate surface area is 124 Å². The Morgan fingerprint density at radius 3 is 2.05 bits per heavy atom. The SMILES string of the molecule is Cc1ccc(-c2ccc(-c3ccc(C)cn3)c(F)c2)cc1. The van der Waals surface area contributed by atoms with Gasteiger partial charge in [0.2, 0.25) is 0 Å². The zero-order valence-corrected chi connectivity index (χ0v) is 12.1. The first-order chi connectivity index (χ1) is 10.1. The van der Waals surface area contributed by atoms with Gasteiger partial charge in [-0.05, 0) is 48.7 Å². The molecule has 0 bridgehead atoms. The standard InChI is InChI=1S/C19H16FN/c1-13-3-6-15(7-4-13)16-8-9-17(18(20)11-16)19-10-5-14(2)12-21-19/h3-12H,1-2H3. The number of hydrogen-bond donors (Lipinski definition) is 0. The molecule has 0 saturated carbocycles. The van der Waals surface area contributed by atoms with E-state index in [9.17, 15) is 4.39 Å². The van der Waals surface area contributed by atoms with Crippen molar-refractivity contribution < 1.29 is 4.39 Å². The number of rotatable bonds is 2. The number of halogens is 1. The van der Waals surface area contributed by atoms with Crippen molar-refractivity contribution in [2.45, 2.75) is 13.8 Å². The summed E-state index contributed by atoms with van der Waals surface area (Å²) in [6.45, 7) is 4.00. The van der Waals surface area contributed by atoms with Crippen molar-refractivity contribution in [2.75, 3.05) is 0 Å². The van der Waals surface area contributed by atoms with Gasteiger partial charge >= 0.3 is 0 Å². The number of hydrogen-bond acceptors (Lipinski definition) is 1. The highest BCUT2D eigenvalue weighted by atomic mass is 19.1. The number of nitrogens with zero attached hydrogens (tertiary/aromatic N) is 1. The van der Waals surface area contributed by atoms with Crippen LogP contribution >= 0.6 is 0 Å². The van der Waals surface area contributed by atoms with Crippen molar-refractivity contribution in [3.8, 4) is 22.4 Å². The van der Waals surface area contributed by atoms with E-state index in [1.807, 2.05) is 56.3 Å². The number of aromatic nitrogens is 1. The van der Waals surface area contributed by atoms with Crippen LogP contribution in [-0.2, 0) is 0 Å². The summed E-state index contributed by atoms with van der Waals surface area (Å²) in [4.78, 5) is 4.28. The van der Waals surface area contributed by atoms with E-state index in [1.165, 1.54) is 5.56 Å². The van der Waals surface area contributed by atoms with Gasteiger partial charge in [0.05, 0.1) is 5.69 Å². The summed E-state index contributed by atoms with van der Waals surface area (Å²) in [5.74, 6) is -0.246. The van der Waals surface area contributed by atoms with Gasteiger partial charge in [0.15, 0.2) is 0 Å². The molecule has 0 amide bonds. The van der Waals surface area contributed by atoms with Crippen LogP contribution in [0.25, 0.3) is 22.4 Å². The summed E-state index contributed by atoms with van der Waals surface area (Å²) in [6.07, 6.45) is 1.75. The Balaban J connectivity index is 1.99. The highest BCUT2D eigenvalue weighted by Gasteiger charge is 2.08. The maximum absolute atomic E-state index is 14.4. The maximum Gasteiger partial charge on any atom is 0.133 e. The zero-order valence-electron chi connectivity index (χ0n) is 12.1. The van der Waals surface area contributed by atoms with Gasteiger partial charge in [0.25, 0.3) is 0 Å². The van der Waals surface area contributed by atoms with Crippen molar-refractivity contribution in [3.63, 3.8) is 0 Å². The predicted molar refractivity (Wildman–Crippen MR) is 84.5 cm³/mol. The molecule has 0 atom stereocenters. The van der Waals surface area contributed by atoms with Crippen molar-refractivity contribution in [2.24, 2.45) is 0 Å². The summed E-state index contributed by atoms with van der Waals surface area (Å²) >= 11 is 0. The van der Waals surface area contributed by atoms with Crippen molar-refractivity contribution in [3.05, 3.63) is 77.7 Å². The molecule has 21 heavy (non-hydrogen) atoms. The molecule has 2 heteroatoms. The Morgan fingerprint density at radius 2 is 1.43 bits per heavy atom. The largest absolute Gasteiger partial charge is 0.256 e. The third-order valence-corrected chi connectivity index (χ3v) is 3.54. The minimum atomic E-state index is -0.246. The summed E-state index contributed by atoms with van der Waals surface area (Å²) in [5, 5.41) is 0. The second kappa shape index (κ2) is 5.49. The van der Waals surface area contributed by atoms with E-state index in [4.69, 9.17) is 0 Å². The lowest BCUT2D eigenvalue weighted by Crippen LogP contribution is -1.89. The monoisotopic (exact) mass is 277 g/mol. The van der Waals surface area contributed by atoms with Crippen LogP contribution < -0.4 is 0 Å². The number of aryl methyl sites for hydroxylation is 2. The molecule has 2 aromatic carbocycles. The van der Waals surface area contributed by atoms with Gasteiger partial charge in [-0.25, -0.2) is 4.39 Å². The molecule has 3 aromatic rings. The fourth-order valence-electron chi connectivity index (χ4n) is 2.28. The molecule has 0 aliphatic heterocycles. The van der Waals surface area contributed by atoms with Crippen LogP contribution in [0.2, 0.25) is 0 Å². The average molecular weight is 277 g/mol. The predicted octanol–water partition coefficient (Wildman–Crippen LogP) is 5.17. The Hall–Kier alpha value is -2.48. The molecule has 0 N–H and O–H groups in total.